The van der Waals surface area contributed by atoms with Gasteiger partial charge in [0.25, 0.3) is 5.91 Å². The van der Waals surface area contributed by atoms with Crippen molar-refractivity contribution < 1.29 is 14.3 Å². The van der Waals surface area contributed by atoms with Gasteiger partial charge in [-0.3, -0.25) is 4.79 Å². The van der Waals surface area contributed by atoms with Crippen molar-refractivity contribution in [1.29, 1.82) is 0 Å². The van der Waals surface area contributed by atoms with Crippen LogP contribution >= 0.6 is 0 Å². The summed E-state index contributed by atoms with van der Waals surface area (Å²) in [5, 5.41) is 2.64. The molecular weight excluding hydrogens is 346 g/mol. The Balaban J connectivity index is 1.43. The summed E-state index contributed by atoms with van der Waals surface area (Å²) in [6, 6.07) is 5.61. The van der Waals surface area contributed by atoms with Gasteiger partial charge in [0.1, 0.15) is 11.8 Å². The van der Waals surface area contributed by atoms with E-state index in [4.69, 9.17) is 4.74 Å². The molecule has 1 unspecified atom stereocenters. The Bertz CT molecular complexity index is 1010. The average Bonchev–Trinajstić information content (AvgIpc) is 3.17. The van der Waals surface area contributed by atoms with Crippen molar-refractivity contribution in [3.63, 3.8) is 0 Å². The molecule has 1 atom stereocenters. The second-order valence-corrected chi connectivity index (χ2v) is 6.55. The molecule has 1 aliphatic rings. The SMILES string of the molecule is CC(OC(=O)c1ccc2c(c1)CCCC2)C(=O)Nc1ncnc2nc[nH]c12. The summed E-state index contributed by atoms with van der Waals surface area (Å²) in [5.41, 5.74) is 3.90. The van der Waals surface area contributed by atoms with Crippen molar-refractivity contribution in [2.24, 2.45) is 0 Å². The van der Waals surface area contributed by atoms with Crippen LogP contribution in [-0.4, -0.2) is 37.9 Å². The van der Waals surface area contributed by atoms with Gasteiger partial charge in [0.15, 0.2) is 17.6 Å². The Morgan fingerprint density at radius 2 is 1.96 bits per heavy atom. The first-order valence-electron chi connectivity index (χ1n) is 8.89. The molecule has 4 rings (SSSR count). The number of carbonyl (C=O) groups excluding carboxylic acids is 2. The minimum Gasteiger partial charge on any atom is -0.449 e. The Labute approximate surface area is 155 Å². The molecule has 0 spiro atoms. The number of anilines is 1. The Morgan fingerprint density at radius 3 is 2.81 bits per heavy atom. The van der Waals surface area contributed by atoms with Gasteiger partial charge in [-0.15, -0.1) is 0 Å². The number of carbonyl (C=O) groups is 2. The number of benzene rings is 1. The largest absolute Gasteiger partial charge is 0.449 e. The van der Waals surface area contributed by atoms with Gasteiger partial charge in [0.05, 0.1) is 11.9 Å². The number of hydrogen-bond acceptors (Lipinski definition) is 6. The molecule has 0 fully saturated rings. The van der Waals surface area contributed by atoms with Crippen molar-refractivity contribution in [2.75, 3.05) is 5.32 Å². The number of aromatic amines is 1. The maximum Gasteiger partial charge on any atom is 0.338 e. The van der Waals surface area contributed by atoms with Crippen LogP contribution in [0.3, 0.4) is 0 Å². The lowest BCUT2D eigenvalue weighted by Gasteiger charge is -2.17. The highest BCUT2D eigenvalue weighted by molar-refractivity contribution is 6.00. The van der Waals surface area contributed by atoms with E-state index in [9.17, 15) is 9.59 Å². The quantitative estimate of drug-likeness (QED) is 0.687. The number of amides is 1. The number of esters is 1. The monoisotopic (exact) mass is 365 g/mol. The Morgan fingerprint density at radius 1 is 1.15 bits per heavy atom. The molecule has 0 bridgehead atoms. The van der Waals surface area contributed by atoms with E-state index in [2.05, 4.69) is 25.3 Å². The van der Waals surface area contributed by atoms with Crippen LogP contribution in [0.1, 0.15) is 41.3 Å². The molecule has 0 saturated heterocycles. The van der Waals surface area contributed by atoms with E-state index in [-0.39, 0.29) is 0 Å². The van der Waals surface area contributed by atoms with Gasteiger partial charge in [-0.25, -0.2) is 19.7 Å². The molecule has 2 aromatic heterocycles. The van der Waals surface area contributed by atoms with Crippen LogP contribution in [0.25, 0.3) is 11.2 Å². The molecule has 2 N–H and O–H groups in total. The highest BCUT2D eigenvalue weighted by atomic mass is 16.5. The molecule has 1 aromatic carbocycles. The zero-order chi connectivity index (χ0) is 18.8. The maximum atomic E-state index is 12.4. The van der Waals surface area contributed by atoms with Crippen molar-refractivity contribution >= 4 is 28.9 Å². The predicted molar refractivity (Wildman–Crippen MR) is 98.3 cm³/mol. The number of hydrogen-bond donors (Lipinski definition) is 2. The number of rotatable bonds is 4. The number of fused-ring (bicyclic) bond motifs is 2. The number of nitrogens with one attached hydrogen (secondary N) is 2. The summed E-state index contributed by atoms with van der Waals surface area (Å²) < 4.78 is 5.33. The second-order valence-electron chi connectivity index (χ2n) is 6.55. The molecule has 138 valence electrons. The first-order chi connectivity index (χ1) is 13.1. The third-order valence-corrected chi connectivity index (χ3v) is 4.70. The zero-order valence-corrected chi connectivity index (χ0v) is 14.9. The fraction of sp³-hybridized carbons (Fsp3) is 0.316. The summed E-state index contributed by atoms with van der Waals surface area (Å²) >= 11 is 0. The lowest BCUT2D eigenvalue weighted by Crippen LogP contribution is -2.30. The van der Waals surface area contributed by atoms with Gasteiger partial charge in [-0.05, 0) is 55.9 Å². The number of nitrogens with zero attached hydrogens (tertiary/aromatic N) is 3. The number of aryl methyl sites for hydroxylation is 2. The van der Waals surface area contributed by atoms with Crippen LogP contribution in [0, 0.1) is 0 Å². The highest BCUT2D eigenvalue weighted by Gasteiger charge is 2.21. The van der Waals surface area contributed by atoms with E-state index in [1.165, 1.54) is 37.1 Å². The Hall–Kier alpha value is -3.29. The molecule has 1 amide bonds. The van der Waals surface area contributed by atoms with E-state index in [1.54, 1.807) is 6.07 Å². The van der Waals surface area contributed by atoms with Crippen LogP contribution in [-0.2, 0) is 22.4 Å². The number of ether oxygens (including phenoxy) is 1. The number of imidazole rings is 1. The topological polar surface area (TPSA) is 110 Å². The van der Waals surface area contributed by atoms with E-state index in [0.717, 1.165) is 19.3 Å². The molecule has 8 heteroatoms. The first kappa shape index (κ1) is 17.1. The van der Waals surface area contributed by atoms with Gasteiger partial charge in [-0.1, -0.05) is 6.07 Å². The van der Waals surface area contributed by atoms with Crippen LogP contribution in [0.2, 0.25) is 0 Å². The molecule has 1 aliphatic carbocycles. The molecular formula is C19H19N5O3. The van der Waals surface area contributed by atoms with Crippen LogP contribution < -0.4 is 5.32 Å². The van der Waals surface area contributed by atoms with E-state index >= 15 is 0 Å². The van der Waals surface area contributed by atoms with Gasteiger partial charge in [-0.2, -0.15) is 0 Å². The smallest absolute Gasteiger partial charge is 0.338 e. The maximum absolute atomic E-state index is 12.4. The molecule has 3 aromatic rings. The summed E-state index contributed by atoms with van der Waals surface area (Å²) in [5.74, 6) is -0.699. The van der Waals surface area contributed by atoms with Gasteiger partial charge in [0, 0.05) is 0 Å². The molecule has 0 saturated carbocycles. The third kappa shape index (κ3) is 3.51. The standard InChI is InChI=1S/C19H19N5O3/c1-11(18(25)24-17-15-16(21-9-20-15)22-10-23-17)27-19(26)14-7-6-12-4-2-3-5-13(12)8-14/h6-11H,2-5H2,1H3,(H2,20,21,22,23,24,25). The van der Waals surface area contributed by atoms with E-state index in [1.807, 2.05) is 12.1 Å². The summed E-state index contributed by atoms with van der Waals surface area (Å²) in [4.78, 5) is 39.7. The normalized spacial score (nSPS) is 14.4. The fourth-order valence-corrected chi connectivity index (χ4v) is 3.22. The third-order valence-electron chi connectivity index (χ3n) is 4.70. The van der Waals surface area contributed by atoms with Gasteiger partial charge >= 0.3 is 5.97 Å². The zero-order valence-electron chi connectivity index (χ0n) is 14.9. The Kier molecular flexibility index (Phi) is 4.53. The number of H-pyrrole nitrogens is 1. The minimum atomic E-state index is -0.971. The lowest BCUT2D eigenvalue weighted by atomic mass is 9.90. The fourth-order valence-electron chi connectivity index (χ4n) is 3.22. The molecule has 0 aliphatic heterocycles. The summed E-state index contributed by atoms with van der Waals surface area (Å²) in [6.45, 7) is 1.52. The minimum absolute atomic E-state index is 0.291. The lowest BCUT2D eigenvalue weighted by molar-refractivity contribution is -0.123. The molecule has 2 heterocycles. The van der Waals surface area contributed by atoms with Crippen molar-refractivity contribution in [1.82, 2.24) is 19.9 Å². The van der Waals surface area contributed by atoms with E-state index in [0.29, 0.717) is 22.5 Å². The van der Waals surface area contributed by atoms with Crippen molar-refractivity contribution in [2.45, 2.75) is 38.7 Å². The highest BCUT2D eigenvalue weighted by Crippen LogP contribution is 2.23. The number of aromatic nitrogens is 4. The van der Waals surface area contributed by atoms with Gasteiger partial charge in [0.2, 0.25) is 0 Å². The van der Waals surface area contributed by atoms with Crippen LogP contribution in [0.5, 0.6) is 0 Å². The second kappa shape index (κ2) is 7.14. The average molecular weight is 365 g/mol. The van der Waals surface area contributed by atoms with E-state index < -0.39 is 18.0 Å². The molecule has 8 nitrogen and oxygen atoms in total. The van der Waals surface area contributed by atoms with Crippen LogP contribution in [0.4, 0.5) is 5.82 Å². The van der Waals surface area contributed by atoms with Gasteiger partial charge < -0.3 is 15.0 Å². The van der Waals surface area contributed by atoms with Crippen molar-refractivity contribution in [3.8, 4) is 0 Å². The predicted octanol–water partition coefficient (Wildman–Crippen LogP) is 2.42. The first-order valence-corrected chi connectivity index (χ1v) is 8.89. The molecule has 27 heavy (non-hydrogen) atoms. The molecule has 0 radical (unpaired) electrons. The van der Waals surface area contributed by atoms with Crippen LogP contribution in [0.15, 0.2) is 30.9 Å². The summed E-state index contributed by atoms with van der Waals surface area (Å²) in [6.07, 6.45) is 6.13. The van der Waals surface area contributed by atoms with Crippen molar-refractivity contribution in [3.05, 3.63) is 47.5 Å². The summed E-state index contributed by atoms with van der Waals surface area (Å²) in [7, 11) is 0.